The zero-order valence-electron chi connectivity index (χ0n) is 21.0. The maximum Gasteiger partial charge on any atom is 0.329 e. The molecule has 1 fully saturated rings. The van der Waals surface area contributed by atoms with Gasteiger partial charge in [0.15, 0.2) is 0 Å². The summed E-state index contributed by atoms with van der Waals surface area (Å²) >= 11 is 0. The Kier molecular flexibility index (Phi) is 11.2. The summed E-state index contributed by atoms with van der Waals surface area (Å²) in [5, 5.41) is 5.34. The summed E-state index contributed by atoms with van der Waals surface area (Å²) < 4.78 is 12.8. The second-order valence-electron chi connectivity index (χ2n) is 9.95. The first-order valence-electron chi connectivity index (χ1n) is 12.4. The lowest BCUT2D eigenvalue weighted by molar-refractivity contribution is -0.139. The number of urea groups is 1. The minimum Gasteiger partial charge on any atom is -0.357 e. The van der Waals surface area contributed by atoms with Gasteiger partial charge in [0.2, 0.25) is 0 Å². The van der Waals surface area contributed by atoms with Crippen LogP contribution in [0.5, 0.6) is 0 Å². The van der Waals surface area contributed by atoms with E-state index in [4.69, 9.17) is 9.47 Å². The van der Waals surface area contributed by atoms with Gasteiger partial charge in [0.1, 0.15) is 14.0 Å². The molecular formula is C25H45N3O3Si. The van der Waals surface area contributed by atoms with E-state index in [1.165, 1.54) is 5.56 Å². The molecule has 0 saturated carbocycles. The van der Waals surface area contributed by atoms with E-state index >= 15 is 0 Å². The van der Waals surface area contributed by atoms with Crippen molar-refractivity contribution in [2.75, 3.05) is 13.2 Å². The molecule has 4 atom stereocenters. The molecule has 7 heteroatoms. The highest BCUT2D eigenvalue weighted by molar-refractivity contribution is 6.77. The molecule has 1 aromatic rings. The van der Waals surface area contributed by atoms with Gasteiger partial charge in [0.05, 0.1) is 12.1 Å². The number of hydrazine groups is 1. The van der Waals surface area contributed by atoms with Crippen LogP contribution in [0.4, 0.5) is 4.79 Å². The van der Waals surface area contributed by atoms with Crippen molar-refractivity contribution >= 4 is 14.1 Å². The average Bonchev–Trinajstić information content (AvgIpc) is 2.89. The molecule has 0 aliphatic carbocycles. The first-order valence-corrected chi connectivity index (χ1v) is 16.0. The number of carbonyl (C=O) groups is 1. The second-order valence-corrected chi connectivity index (χ2v) is 15.1. The quantitative estimate of drug-likeness (QED) is 0.315. The number of nitrogens with one attached hydrogen (secondary N) is 2. The van der Waals surface area contributed by atoms with Crippen molar-refractivity contribution in [3.63, 3.8) is 0 Å². The summed E-state index contributed by atoms with van der Waals surface area (Å²) in [4.78, 5) is 12.9. The lowest BCUT2D eigenvalue weighted by atomic mass is 9.99. The number of benzene rings is 1. The molecule has 0 spiro atoms. The average molecular weight is 464 g/mol. The number of unbranched alkanes of at least 4 members (excludes halogenated alkanes) is 1. The molecular weight excluding hydrogens is 418 g/mol. The maximum atomic E-state index is 12.9. The van der Waals surface area contributed by atoms with E-state index in [0.29, 0.717) is 19.2 Å². The van der Waals surface area contributed by atoms with E-state index in [2.05, 4.69) is 61.4 Å². The predicted octanol–water partition coefficient (Wildman–Crippen LogP) is 5.11. The molecule has 32 heavy (non-hydrogen) atoms. The van der Waals surface area contributed by atoms with Crippen LogP contribution in [-0.4, -0.2) is 56.4 Å². The molecule has 0 bridgehead atoms. The lowest BCUT2D eigenvalue weighted by Crippen LogP contribution is -2.53. The zero-order valence-corrected chi connectivity index (χ0v) is 22.0. The number of ether oxygens (including phenoxy) is 2. The molecule has 0 radical (unpaired) electrons. The van der Waals surface area contributed by atoms with E-state index in [-0.39, 0.29) is 24.1 Å². The Balaban J connectivity index is 2.31. The smallest absolute Gasteiger partial charge is 0.329 e. The Hall–Kier alpha value is -1.41. The molecule has 2 unspecified atom stereocenters. The highest BCUT2D eigenvalue weighted by Crippen LogP contribution is 2.22. The SMILES string of the molecule is CCCCC(CCC)N1C[C@@H](OC(OCC)[Si](C)(C)C)[C@@H](Cc2ccccc2)NC(=O)N1. The normalized spacial score (nSPS) is 22.0. The van der Waals surface area contributed by atoms with E-state index < -0.39 is 8.07 Å². The molecule has 1 aromatic carbocycles. The zero-order chi connectivity index (χ0) is 23.6. The van der Waals surface area contributed by atoms with Crippen LogP contribution in [0, 0.1) is 0 Å². The maximum absolute atomic E-state index is 12.9. The minimum absolute atomic E-state index is 0.129. The molecule has 2 rings (SSSR count). The Morgan fingerprint density at radius 3 is 2.41 bits per heavy atom. The van der Waals surface area contributed by atoms with Crippen molar-refractivity contribution in [3.8, 4) is 0 Å². The van der Waals surface area contributed by atoms with E-state index in [1.807, 2.05) is 25.1 Å². The van der Waals surface area contributed by atoms with Gasteiger partial charge in [-0.25, -0.2) is 9.80 Å². The first-order chi connectivity index (χ1) is 15.3. The molecule has 1 heterocycles. The largest absolute Gasteiger partial charge is 0.357 e. The fourth-order valence-electron chi connectivity index (χ4n) is 4.25. The van der Waals surface area contributed by atoms with E-state index in [9.17, 15) is 4.79 Å². The van der Waals surface area contributed by atoms with E-state index in [0.717, 1.165) is 38.5 Å². The Labute approximate surface area is 196 Å². The summed E-state index contributed by atoms with van der Waals surface area (Å²) in [6.45, 7) is 14.5. The Morgan fingerprint density at radius 1 is 1.09 bits per heavy atom. The first kappa shape index (κ1) is 26.8. The molecule has 1 aliphatic rings. The molecule has 6 nitrogen and oxygen atoms in total. The third-order valence-electron chi connectivity index (χ3n) is 5.96. The van der Waals surface area contributed by atoms with E-state index in [1.54, 1.807) is 0 Å². The third-order valence-corrected chi connectivity index (χ3v) is 7.68. The van der Waals surface area contributed by atoms with Crippen molar-refractivity contribution in [2.24, 2.45) is 0 Å². The van der Waals surface area contributed by atoms with Gasteiger partial charge in [-0.15, -0.1) is 0 Å². The van der Waals surface area contributed by atoms with Crippen molar-refractivity contribution in [3.05, 3.63) is 35.9 Å². The predicted molar refractivity (Wildman–Crippen MR) is 134 cm³/mol. The van der Waals surface area contributed by atoms with Gasteiger partial charge in [-0.1, -0.05) is 83.1 Å². The van der Waals surface area contributed by atoms with Crippen molar-refractivity contribution in [2.45, 2.75) is 103 Å². The van der Waals surface area contributed by atoms with Crippen LogP contribution >= 0.6 is 0 Å². The Bertz CT molecular complexity index is 668. The van der Waals surface area contributed by atoms with Gasteiger partial charge in [-0.05, 0) is 31.7 Å². The highest BCUT2D eigenvalue weighted by atomic mass is 28.3. The van der Waals surface area contributed by atoms with Gasteiger partial charge in [0, 0.05) is 19.2 Å². The van der Waals surface area contributed by atoms with Gasteiger partial charge >= 0.3 is 6.03 Å². The number of hydrogen-bond donors (Lipinski definition) is 2. The molecule has 0 aromatic heterocycles. The standard InChI is InChI=1S/C25H45N3O3Si/c1-7-10-17-21(14-8-2)28-19-23(31-25(30-9-3)32(4,5)6)22(26-24(29)27-28)18-20-15-12-11-13-16-20/h11-13,15-16,21-23,25H,7-10,14,17-19H2,1-6H3,(H2,26,27,29)/t21?,22-,23-,25?/m1/s1. The second kappa shape index (κ2) is 13.3. The van der Waals surface area contributed by atoms with Crippen LogP contribution < -0.4 is 10.7 Å². The summed E-state index contributed by atoms with van der Waals surface area (Å²) in [6.07, 6.45) is 6.08. The van der Waals surface area contributed by atoms with Crippen LogP contribution in [0.1, 0.15) is 58.4 Å². The van der Waals surface area contributed by atoms with Crippen molar-refractivity contribution in [1.29, 1.82) is 0 Å². The van der Waals surface area contributed by atoms with Gasteiger partial charge in [-0.2, -0.15) is 0 Å². The van der Waals surface area contributed by atoms with Crippen molar-refractivity contribution < 1.29 is 14.3 Å². The summed E-state index contributed by atoms with van der Waals surface area (Å²) in [5.74, 6) is -0.215. The fourth-order valence-corrected chi connectivity index (χ4v) is 5.50. The van der Waals surface area contributed by atoms with Crippen LogP contribution in [-0.2, 0) is 15.9 Å². The third kappa shape index (κ3) is 8.50. The number of amides is 2. The molecule has 2 N–H and O–H groups in total. The molecule has 182 valence electrons. The van der Waals surface area contributed by atoms with Crippen molar-refractivity contribution in [1.82, 2.24) is 15.8 Å². The monoisotopic (exact) mass is 463 g/mol. The topological polar surface area (TPSA) is 62.8 Å². The van der Waals surface area contributed by atoms with Gasteiger partial charge in [-0.3, -0.25) is 5.43 Å². The fraction of sp³-hybridized carbons (Fsp3) is 0.720. The molecule has 1 saturated heterocycles. The van der Waals surface area contributed by atoms with Crippen LogP contribution in [0.2, 0.25) is 19.6 Å². The Morgan fingerprint density at radius 2 is 1.81 bits per heavy atom. The highest BCUT2D eigenvalue weighted by Gasteiger charge is 2.38. The van der Waals surface area contributed by atoms with Gasteiger partial charge in [0.25, 0.3) is 0 Å². The molecule has 1 aliphatic heterocycles. The lowest BCUT2D eigenvalue weighted by Gasteiger charge is -2.37. The molecule has 2 amide bonds. The van der Waals surface area contributed by atoms with Crippen LogP contribution in [0.25, 0.3) is 0 Å². The number of rotatable bonds is 13. The number of nitrogens with zero attached hydrogens (tertiary/aromatic N) is 1. The van der Waals surface area contributed by atoms with Crippen LogP contribution in [0.15, 0.2) is 30.3 Å². The number of hydrogen-bond acceptors (Lipinski definition) is 4. The summed E-state index contributed by atoms with van der Waals surface area (Å²) in [5.41, 5.74) is 4.33. The number of carbonyl (C=O) groups excluding carboxylic acids is 1. The summed E-state index contributed by atoms with van der Waals surface area (Å²) in [6, 6.07) is 10.4. The summed E-state index contributed by atoms with van der Waals surface area (Å²) in [7, 11) is -1.73. The minimum atomic E-state index is -1.73. The van der Waals surface area contributed by atoms with Crippen LogP contribution in [0.3, 0.4) is 0 Å². The van der Waals surface area contributed by atoms with Gasteiger partial charge < -0.3 is 14.8 Å².